The van der Waals surface area contributed by atoms with Crippen LogP contribution in [0.3, 0.4) is 0 Å². The maximum atomic E-state index is 11.7. The summed E-state index contributed by atoms with van der Waals surface area (Å²) in [6.45, 7) is 1.56. The van der Waals surface area contributed by atoms with E-state index >= 15 is 0 Å². The van der Waals surface area contributed by atoms with Crippen LogP contribution in [0.4, 0.5) is 0 Å². The third kappa shape index (κ3) is 4.09. The minimum atomic E-state index is -2.93. The van der Waals surface area contributed by atoms with Crippen LogP contribution in [0.2, 0.25) is 0 Å². The van der Waals surface area contributed by atoms with Gasteiger partial charge in [0.05, 0.1) is 5.25 Å². The van der Waals surface area contributed by atoms with E-state index in [2.05, 4.69) is 0 Å². The Morgan fingerprint density at radius 2 is 1.85 bits per heavy atom. The fourth-order valence-electron chi connectivity index (χ4n) is 2.56. The van der Waals surface area contributed by atoms with Crippen molar-refractivity contribution in [2.75, 3.05) is 6.26 Å². The van der Waals surface area contributed by atoms with E-state index in [0.29, 0.717) is 10.8 Å². The maximum Gasteiger partial charge on any atom is 0.159 e. The van der Waals surface area contributed by atoms with Gasteiger partial charge in [-0.25, -0.2) is 8.42 Å². The zero-order valence-electron chi connectivity index (χ0n) is 11.8. The number of carbonyl (C=O) groups excluding carboxylic acids is 1. The number of sulfone groups is 1. The Kier molecular flexibility index (Phi) is 4.91. The van der Waals surface area contributed by atoms with Gasteiger partial charge in [-0.1, -0.05) is 18.6 Å². The Morgan fingerprint density at radius 1 is 1.20 bits per heavy atom. The molecule has 0 radical (unpaired) electrons. The van der Waals surface area contributed by atoms with Gasteiger partial charge in [0.2, 0.25) is 0 Å². The second kappa shape index (κ2) is 6.31. The predicted octanol–water partition coefficient (Wildman–Crippen LogP) is 3.34. The SMILES string of the molecule is CC(=O)c1ccc(SC2CCCC(S(C)(=O)=O)C2)cc1. The van der Waals surface area contributed by atoms with Crippen molar-refractivity contribution in [2.45, 2.75) is 48.0 Å². The molecule has 0 saturated heterocycles. The molecule has 0 N–H and O–H groups in total. The lowest BCUT2D eigenvalue weighted by molar-refractivity contribution is 0.101. The molecular formula is C15H20O3S2. The van der Waals surface area contributed by atoms with Gasteiger partial charge in [0.15, 0.2) is 5.78 Å². The first-order chi connectivity index (χ1) is 9.36. The van der Waals surface area contributed by atoms with Gasteiger partial charge in [-0.05, 0) is 38.3 Å². The first-order valence-corrected chi connectivity index (χ1v) is 9.66. The summed E-state index contributed by atoms with van der Waals surface area (Å²) in [5, 5.41) is 0.164. The summed E-state index contributed by atoms with van der Waals surface area (Å²) in [4.78, 5) is 12.3. The Morgan fingerprint density at radius 3 is 2.40 bits per heavy atom. The van der Waals surface area contributed by atoms with Crippen molar-refractivity contribution >= 4 is 27.4 Å². The molecule has 2 rings (SSSR count). The highest BCUT2D eigenvalue weighted by molar-refractivity contribution is 8.00. The van der Waals surface area contributed by atoms with Crippen LogP contribution >= 0.6 is 11.8 Å². The van der Waals surface area contributed by atoms with Gasteiger partial charge in [0, 0.05) is 22.0 Å². The van der Waals surface area contributed by atoms with E-state index in [1.54, 1.807) is 18.7 Å². The monoisotopic (exact) mass is 312 g/mol. The number of hydrogen-bond acceptors (Lipinski definition) is 4. The van der Waals surface area contributed by atoms with Gasteiger partial charge in [-0.3, -0.25) is 4.79 Å². The molecule has 2 atom stereocenters. The van der Waals surface area contributed by atoms with Crippen molar-refractivity contribution in [1.29, 1.82) is 0 Å². The van der Waals surface area contributed by atoms with Crippen LogP contribution in [0.15, 0.2) is 29.2 Å². The zero-order valence-corrected chi connectivity index (χ0v) is 13.5. The lowest BCUT2D eigenvalue weighted by atomic mass is 10.00. The normalized spacial score (nSPS) is 23.5. The fourth-order valence-corrected chi connectivity index (χ4v) is 5.15. The minimum absolute atomic E-state index is 0.0661. The molecule has 0 spiro atoms. The van der Waals surface area contributed by atoms with Crippen molar-refractivity contribution in [3.8, 4) is 0 Å². The summed E-state index contributed by atoms with van der Waals surface area (Å²) in [5.74, 6) is 0.0661. The molecule has 0 amide bonds. The number of Topliss-reactive ketones (excluding diaryl/α,β-unsaturated/α-hetero) is 1. The van der Waals surface area contributed by atoms with E-state index in [9.17, 15) is 13.2 Å². The molecule has 2 unspecified atom stereocenters. The third-order valence-electron chi connectivity index (χ3n) is 3.75. The number of carbonyl (C=O) groups is 1. The molecule has 20 heavy (non-hydrogen) atoms. The summed E-state index contributed by atoms with van der Waals surface area (Å²) in [7, 11) is -2.93. The van der Waals surface area contributed by atoms with E-state index in [1.807, 2.05) is 24.3 Å². The molecule has 1 aliphatic carbocycles. The average Bonchev–Trinajstić information content (AvgIpc) is 2.38. The number of hydrogen-bond donors (Lipinski definition) is 0. The lowest BCUT2D eigenvalue weighted by Gasteiger charge is -2.27. The Hall–Kier alpha value is -0.810. The molecule has 110 valence electrons. The molecule has 3 nitrogen and oxygen atoms in total. The Labute approximate surface area is 125 Å². The highest BCUT2D eigenvalue weighted by atomic mass is 32.2. The molecule has 0 heterocycles. The topological polar surface area (TPSA) is 51.2 Å². The van der Waals surface area contributed by atoms with Gasteiger partial charge < -0.3 is 0 Å². The highest BCUT2D eigenvalue weighted by Gasteiger charge is 2.29. The van der Waals surface area contributed by atoms with Crippen molar-refractivity contribution in [1.82, 2.24) is 0 Å². The highest BCUT2D eigenvalue weighted by Crippen LogP contribution is 2.35. The van der Waals surface area contributed by atoms with Gasteiger partial charge in [0.25, 0.3) is 0 Å². The van der Waals surface area contributed by atoms with E-state index < -0.39 is 9.84 Å². The standard InChI is InChI=1S/C15H20O3S2/c1-11(16)12-6-8-13(9-7-12)19-14-4-3-5-15(10-14)20(2,17)18/h6-9,14-15H,3-5,10H2,1-2H3. The number of thioether (sulfide) groups is 1. The van der Waals surface area contributed by atoms with Crippen LogP contribution in [0.25, 0.3) is 0 Å². The molecule has 0 aliphatic heterocycles. The Balaban J connectivity index is 2.01. The van der Waals surface area contributed by atoms with E-state index in [-0.39, 0.29) is 11.0 Å². The smallest absolute Gasteiger partial charge is 0.159 e. The van der Waals surface area contributed by atoms with E-state index in [0.717, 1.165) is 30.6 Å². The Bertz CT molecular complexity index is 576. The first kappa shape index (κ1) is 15.6. The summed E-state index contributed by atoms with van der Waals surface area (Å²) in [6.07, 6.45) is 4.90. The summed E-state index contributed by atoms with van der Waals surface area (Å²) in [5.41, 5.74) is 0.715. The van der Waals surface area contributed by atoms with Crippen molar-refractivity contribution < 1.29 is 13.2 Å². The predicted molar refractivity (Wildman–Crippen MR) is 83.2 cm³/mol. The molecule has 0 aromatic heterocycles. The number of ketones is 1. The molecule has 0 bridgehead atoms. The molecule has 1 aromatic rings. The van der Waals surface area contributed by atoms with Gasteiger partial charge >= 0.3 is 0 Å². The minimum Gasteiger partial charge on any atom is -0.295 e. The maximum absolute atomic E-state index is 11.7. The molecule has 1 fully saturated rings. The average molecular weight is 312 g/mol. The molecule has 1 saturated carbocycles. The van der Waals surface area contributed by atoms with Crippen LogP contribution in [-0.2, 0) is 9.84 Å². The third-order valence-corrected chi connectivity index (χ3v) is 6.69. The lowest BCUT2D eigenvalue weighted by Crippen LogP contribution is -2.28. The second-order valence-corrected chi connectivity index (χ2v) is 9.14. The van der Waals surface area contributed by atoms with Crippen molar-refractivity contribution in [3.05, 3.63) is 29.8 Å². The summed E-state index contributed by atoms with van der Waals surface area (Å²) >= 11 is 1.73. The van der Waals surface area contributed by atoms with Crippen LogP contribution in [0.5, 0.6) is 0 Å². The quantitative estimate of drug-likeness (QED) is 0.800. The zero-order chi connectivity index (χ0) is 14.8. The molecule has 1 aliphatic rings. The summed E-state index contributed by atoms with van der Waals surface area (Å²) in [6, 6.07) is 7.57. The molecule has 1 aromatic carbocycles. The van der Waals surface area contributed by atoms with Crippen LogP contribution < -0.4 is 0 Å². The summed E-state index contributed by atoms with van der Waals surface area (Å²) < 4.78 is 23.3. The van der Waals surface area contributed by atoms with Crippen LogP contribution in [-0.4, -0.2) is 31.0 Å². The number of rotatable bonds is 4. The molecule has 5 heteroatoms. The number of benzene rings is 1. The molecular weight excluding hydrogens is 292 g/mol. The second-order valence-electron chi connectivity index (χ2n) is 5.44. The fraction of sp³-hybridized carbons (Fsp3) is 0.533. The van der Waals surface area contributed by atoms with Crippen LogP contribution in [0.1, 0.15) is 43.0 Å². The van der Waals surface area contributed by atoms with Gasteiger partial charge in [0.1, 0.15) is 9.84 Å². The largest absolute Gasteiger partial charge is 0.295 e. The van der Waals surface area contributed by atoms with Gasteiger partial charge in [-0.15, -0.1) is 11.8 Å². The van der Waals surface area contributed by atoms with E-state index in [1.165, 1.54) is 6.26 Å². The van der Waals surface area contributed by atoms with Crippen molar-refractivity contribution in [3.63, 3.8) is 0 Å². The van der Waals surface area contributed by atoms with Crippen LogP contribution in [0, 0.1) is 0 Å². The van der Waals surface area contributed by atoms with Gasteiger partial charge in [-0.2, -0.15) is 0 Å². The first-order valence-electron chi connectivity index (χ1n) is 6.83. The van der Waals surface area contributed by atoms with Crippen molar-refractivity contribution in [2.24, 2.45) is 0 Å². The van der Waals surface area contributed by atoms with E-state index in [4.69, 9.17) is 0 Å².